The van der Waals surface area contributed by atoms with E-state index >= 15 is 0 Å². The lowest BCUT2D eigenvalue weighted by Gasteiger charge is -2.26. The topological polar surface area (TPSA) is 46.3 Å². The molecule has 17 heavy (non-hydrogen) atoms. The summed E-state index contributed by atoms with van der Waals surface area (Å²) >= 11 is 0. The summed E-state index contributed by atoms with van der Waals surface area (Å²) in [7, 11) is 0. The van der Waals surface area contributed by atoms with Crippen LogP contribution in [0, 0.1) is 5.82 Å². The number of hydrogen-bond acceptors (Lipinski definition) is 2. The molecule has 3 nitrogen and oxygen atoms in total. The summed E-state index contributed by atoms with van der Waals surface area (Å²) < 4.78 is 13.3. The Balaban J connectivity index is 2.23. The van der Waals surface area contributed by atoms with Crippen molar-refractivity contribution in [3.05, 3.63) is 41.2 Å². The third kappa shape index (κ3) is 2.30. The van der Waals surface area contributed by atoms with Crippen LogP contribution in [-0.4, -0.2) is 23.9 Å². The highest BCUT2D eigenvalue weighted by Crippen LogP contribution is 2.19. The van der Waals surface area contributed by atoms with E-state index in [4.69, 9.17) is 5.73 Å². The molecule has 0 atom stereocenters. The van der Waals surface area contributed by atoms with E-state index in [-0.39, 0.29) is 17.2 Å². The number of nitrogens with two attached hydrogens (primary N) is 1. The third-order valence-electron chi connectivity index (χ3n) is 3.01. The molecule has 1 aliphatic heterocycles. The van der Waals surface area contributed by atoms with Crippen molar-refractivity contribution in [2.24, 2.45) is 0 Å². The normalized spacial score (nSPS) is 15.6. The number of para-hydroxylation sites is 1. The van der Waals surface area contributed by atoms with Crippen molar-refractivity contribution < 1.29 is 9.18 Å². The van der Waals surface area contributed by atoms with E-state index in [9.17, 15) is 9.18 Å². The number of rotatable bonds is 1. The largest absolute Gasteiger partial charge is 0.396 e. The standard InChI is InChI=1S/C13H15FN2O/c1-9-5-7-16(8-6-9)13(17)10-3-2-4-11(14)12(10)15/h2-5H,6-8,15H2,1H3. The minimum absolute atomic E-state index is 0.0659. The maximum atomic E-state index is 13.3. The fourth-order valence-electron chi connectivity index (χ4n) is 1.85. The number of nitrogen functional groups attached to an aromatic ring is 1. The van der Waals surface area contributed by atoms with Gasteiger partial charge in [0.1, 0.15) is 5.82 Å². The molecule has 0 fully saturated rings. The number of amides is 1. The lowest BCUT2D eigenvalue weighted by atomic mass is 10.1. The monoisotopic (exact) mass is 234 g/mol. The molecule has 0 radical (unpaired) electrons. The molecule has 0 aliphatic carbocycles. The molecule has 0 spiro atoms. The Bertz CT molecular complexity index is 482. The Labute approximate surface area is 99.7 Å². The van der Waals surface area contributed by atoms with Gasteiger partial charge in [-0.3, -0.25) is 4.79 Å². The molecule has 1 aromatic carbocycles. The molecule has 0 saturated heterocycles. The number of benzene rings is 1. The van der Waals surface area contributed by atoms with Crippen LogP contribution in [0.5, 0.6) is 0 Å². The van der Waals surface area contributed by atoms with Gasteiger partial charge in [-0.15, -0.1) is 0 Å². The van der Waals surface area contributed by atoms with Gasteiger partial charge in [-0.1, -0.05) is 17.7 Å². The van der Waals surface area contributed by atoms with E-state index in [1.807, 2.05) is 13.0 Å². The van der Waals surface area contributed by atoms with Crippen LogP contribution in [0.15, 0.2) is 29.8 Å². The van der Waals surface area contributed by atoms with Crippen molar-refractivity contribution >= 4 is 11.6 Å². The van der Waals surface area contributed by atoms with E-state index in [2.05, 4.69) is 0 Å². The Morgan fingerprint density at radius 2 is 2.24 bits per heavy atom. The van der Waals surface area contributed by atoms with Crippen LogP contribution < -0.4 is 5.73 Å². The van der Waals surface area contributed by atoms with Crippen LogP contribution in [-0.2, 0) is 0 Å². The second-order valence-corrected chi connectivity index (χ2v) is 4.25. The molecule has 0 bridgehead atoms. The molecular weight excluding hydrogens is 219 g/mol. The van der Waals surface area contributed by atoms with E-state index in [1.54, 1.807) is 11.0 Å². The van der Waals surface area contributed by atoms with Crippen molar-refractivity contribution in [1.29, 1.82) is 0 Å². The van der Waals surface area contributed by atoms with E-state index in [1.165, 1.54) is 17.7 Å². The Morgan fingerprint density at radius 1 is 1.47 bits per heavy atom. The van der Waals surface area contributed by atoms with Gasteiger partial charge in [0, 0.05) is 13.1 Å². The highest BCUT2D eigenvalue weighted by atomic mass is 19.1. The fraction of sp³-hybridized carbons (Fsp3) is 0.308. The van der Waals surface area contributed by atoms with Gasteiger partial charge in [-0.2, -0.15) is 0 Å². The summed E-state index contributed by atoms with van der Waals surface area (Å²) in [6.45, 7) is 3.27. The number of carbonyl (C=O) groups is 1. The third-order valence-corrected chi connectivity index (χ3v) is 3.01. The number of anilines is 1. The highest BCUT2D eigenvalue weighted by molar-refractivity contribution is 5.99. The first kappa shape index (κ1) is 11.6. The minimum Gasteiger partial charge on any atom is -0.396 e. The van der Waals surface area contributed by atoms with Gasteiger partial charge in [-0.25, -0.2) is 4.39 Å². The van der Waals surface area contributed by atoms with Gasteiger partial charge >= 0.3 is 0 Å². The lowest BCUT2D eigenvalue weighted by molar-refractivity contribution is 0.0769. The molecule has 2 rings (SSSR count). The molecule has 1 amide bonds. The summed E-state index contributed by atoms with van der Waals surface area (Å²) in [5, 5.41) is 0. The van der Waals surface area contributed by atoms with Crippen molar-refractivity contribution in [1.82, 2.24) is 4.90 Å². The van der Waals surface area contributed by atoms with Crippen molar-refractivity contribution in [3.63, 3.8) is 0 Å². The average molecular weight is 234 g/mol. The maximum Gasteiger partial charge on any atom is 0.256 e. The fourth-order valence-corrected chi connectivity index (χ4v) is 1.85. The first-order valence-electron chi connectivity index (χ1n) is 5.58. The second kappa shape index (κ2) is 4.57. The Kier molecular flexibility index (Phi) is 3.13. The highest BCUT2D eigenvalue weighted by Gasteiger charge is 2.20. The summed E-state index contributed by atoms with van der Waals surface area (Å²) in [4.78, 5) is 13.8. The maximum absolute atomic E-state index is 13.3. The van der Waals surface area contributed by atoms with Gasteiger partial charge < -0.3 is 10.6 Å². The Hall–Kier alpha value is -1.84. The zero-order chi connectivity index (χ0) is 12.4. The molecule has 1 heterocycles. The first-order valence-corrected chi connectivity index (χ1v) is 5.58. The molecule has 4 heteroatoms. The molecule has 90 valence electrons. The Morgan fingerprint density at radius 3 is 2.88 bits per heavy atom. The number of carbonyl (C=O) groups excluding carboxylic acids is 1. The number of nitrogens with zero attached hydrogens (tertiary/aromatic N) is 1. The van der Waals surface area contributed by atoms with Gasteiger partial charge in [0.05, 0.1) is 11.3 Å². The molecular formula is C13H15FN2O. The van der Waals surface area contributed by atoms with Crippen LogP contribution in [0.2, 0.25) is 0 Å². The number of halogens is 1. The van der Waals surface area contributed by atoms with Gasteiger partial charge in [0.2, 0.25) is 0 Å². The van der Waals surface area contributed by atoms with Crippen LogP contribution in [0.3, 0.4) is 0 Å². The van der Waals surface area contributed by atoms with E-state index in [0.29, 0.717) is 13.1 Å². The average Bonchev–Trinajstić information content (AvgIpc) is 2.33. The summed E-state index contributed by atoms with van der Waals surface area (Å²) in [6, 6.07) is 4.32. The predicted octanol–water partition coefficient (Wildman–Crippen LogP) is 2.20. The van der Waals surface area contributed by atoms with Crippen LogP contribution >= 0.6 is 0 Å². The van der Waals surface area contributed by atoms with Crippen LogP contribution in [0.1, 0.15) is 23.7 Å². The van der Waals surface area contributed by atoms with Gasteiger partial charge in [-0.05, 0) is 25.5 Å². The van der Waals surface area contributed by atoms with Gasteiger partial charge in [0.25, 0.3) is 5.91 Å². The number of hydrogen-bond donors (Lipinski definition) is 1. The van der Waals surface area contributed by atoms with Crippen molar-refractivity contribution in [3.8, 4) is 0 Å². The molecule has 1 aromatic rings. The minimum atomic E-state index is -0.542. The zero-order valence-corrected chi connectivity index (χ0v) is 9.74. The molecule has 0 saturated carbocycles. The van der Waals surface area contributed by atoms with Crippen molar-refractivity contribution in [2.75, 3.05) is 18.8 Å². The van der Waals surface area contributed by atoms with Crippen molar-refractivity contribution in [2.45, 2.75) is 13.3 Å². The summed E-state index contributed by atoms with van der Waals surface area (Å²) in [5.41, 5.74) is 7.04. The van der Waals surface area contributed by atoms with Crippen LogP contribution in [0.4, 0.5) is 10.1 Å². The molecule has 1 aliphatic rings. The van der Waals surface area contributed by atoms with E-state index < -0.39 is 5.82 Å². The van der Waals surface area contributed by atoms with Crippen LogP contribution in [0.25, 0.3) is 0 Å². The lowest BCUT2D eigenvalue weighted by Crippen LogP contribution is -2.35. The van der Waals surface area contributed by atoms with E-state index in [0.717, 1.165) is 6.42 Å². The molecule has 2 N–H and O–H groups in total. The predicted molar refractivity (Wildman–Crippen MR) is 65.1 cm³/mol. The zero-order valence-electron chi connectivity index (χ0n) is 9.74. The van der Waals surface area contributed by atoms with Gasteiger partial charge in [0.15, 0.2) is 0 Å². The smallest absolute Gasteiger partial charge is 0.256 e. The molecule has 0 aromatic heterocycles. The summed E-state index contributed by atoms with van der Waals surface area (Å²) in [5.74, 6) is -0.745. The second-order valence-electron chi connectivity index (χ2n) is 4.25. The first-order chi connectivity index (χ1) is 8.09. The SMILES string of the molecule is CC1=CCN(C(=O)c2cccc(F)c2N)CC1. The quantitative estimate of drug-likeness (QED) is 0.598. The molecule has 0 unspecified atom stereocenters. The summed E-state index contributed by atoms with van der Waals surface area (Å²) in [6.07, 6.45) is 2.87.